The minimum atomic E-state index is -0.472. The summed E-state index contributed by atoms with van der Waals surface area (Å²) in [6, 6.07) is 7.38. The van der Waals surface area contributed by atoms with Crippen LogP contribution in [0.2, 0.25) is 0 Å². The molecule has 1 aliphatic carbocycles. The largest absolute Gasteiger partial charge is 0.395 e. The topological polar surface area (TPSA) is 94.1 Å². The van der Waals surface area contributed by atoms with E-state index < -0.39 is 5.54 Å². The van der Waals surface area contributed by atoms with Gasteiger partial charge < -0.3 is 20.3 Å². The van der Waals surface area contributed by atoms with Crippen molar-refractivity contribution in [2.45, 2.75) is 32.7 Å². The number of hydrogen-bond donors (Lipinski definition) is 3. The van der Waals surface area contributed by atoms with Gasteiger partial charge in [0.15, 0.2) is 0 Å². The number of aryl methyl sites for hydroxylation is 1. The van der Waals surface area contributed by atoms with Crippen molar-refractivity contribution in [3.8, 4) is 11.3 Å². The molecular weight excluding hydrogens is 390 g/mol. The van der Waals surface area contributed by atoms with Gasteiger partial charge in [-0.15, -0.1) is 0 Å². The first kappa shape index (κ1) is 20.8. The number of aliphatic hydroxyl groups is 1. The van der Waals surface area contributed by atoms with Crippen LogP contribution in [0, 0.1) is 6.92 Å². The molecule has 2 aromatic heterocycles. The highest BCUT2D eigenvalue weighted by molar-refractivity contribution is 5.94. The number of nitrogens with one attached hydrogen (secondary N) is 2. The highest BCUT2D eigenvalue weighted by Gasteiger charge is 2.36. The lowest BCUT2D eigenvalue weighted by atomic mass is 9.84. The molecule has 0 radical (unpaired) electrons. The van der Waals surface area contributed by atoms with Crippen molar-refractivity contribution in [3.05, 3.63) is 66.2 Å². The number of aliphatic hydroxyl groups excluding tert-OH is 1. The molecule has 7 heteroatoms. The van der Waals surface area contributed by atoms with Gasteiger partial charge in [0.25, 0.3) is 0 Å². The summed E-state index contributed by atoms with van der Waals surface area (Å²) in [4.78, 5) is 26.7. The normalized spacial score (nSPS) is 18.1. The Hall–Kier alpha value is -3.45. The number of amides is 2. The summed E-state index contributed by atoms with van der Waals surface area (Å²) in [7, 11) is 0. The molecule has 0 bridgehead atoms. The van der Waals surface area contributed by atoms with E-state index in [1.807, 2.05) is 69.5 Å². The lowest BCUT2D eigenvalue weighted by Crippen LogP contribution is -2.53. The Balaban J connectivity index is 1.57. The Morgan fingerprint density at radius 3 is 2.74 bits per heavy atom. The van der Waals surface area contributed by atoms with Crippen molar-refractivity contribution < 1.29 is 9.90 Å². The lowest BCUT2D eigenvalue weighted by molar-refractivity contribution is 0.132. The number of benzene rings is 1. The summed E-state index contributed by atoms with van der Waals surface area (Å²) in [5.41, 5.74) is 4.99. The molecule has 0 spiro atoms. The standard InChI is InChI=1S/C24H27N5O2/c1-16-14-25-22-20(16)21(26-15-27-22)18-7-9-19(10-8-18)28-23(31)29(12-13-30)24(3)11-5-4-6-17(24)2/h4-10,14-15,30H,11-13H2,1-3H3,(H,28,31)(H,25,26,27). The number of rotatable bonds is 5. The number of aromatic nitrogens is 3. The van der Waals surface area contributed by atoms with Gasteiger partial charge in [-0.05, 0) is 50.5 Å². The molecule has 1 atom stereocenters. The van der Waals surface area contributed by atoms with E-state index in [4.69, 9.17) is 0 Å². The van der Waals surface area contributed by atoms with E-state index in [2.05, 4.69) is 20.3 Å². The molecule has 31 heavy (non-hydrogen) atoms. The number of anilines is 1. The number of fused-ring (bicyclic) bond motifs is 1. The van der Waals surface area contributed by atoms with Crippen molar-refractivity contribution in [2.24, 2.45) is 0 Å². The van der Waals surface area contributed by atoms with Gasteiger partial charge in [-0.1, -0.05) is 30.4 Å². The molecule has 1 unspecified atom stereocenters. The quantitative estimate of drug-likeness (QED) is 0.573. The molecule has 160 valence electrons. The number of nitrogens with zero attached hydrogens (tertiary/aromatic N) is 3. The Kier molecular flexibility index (Phi) is 5.61. The molecular formula is C24H27N5O2. The van der Waals surface area contributed by atoms with Crippen LogP contribution in [0.3, 0.4) is 0 Å². The summed E-state index contributed by atoms with van der Waals surface area (Å²) in [5.74, 6) is 0. The highest BCUT2D eigenvalue weighted by atomic mass is 16.3. The van der Waals surface area contributed by atoms with Crippen molar-refractivity contribution >= 4 is 22.8 Å². The summed E-state index contributed by atoms with van der Waals surface area (Å²) in [5, 5.41) is 13.5. The number of carbonyl (C=O) groups is 1. The van der Waals surface area contributed by atoms with E-state index in [0.717, 1.165) is 33.4 Å². The second-order valence-corrected chi connectivity index (χ2v) is 8.06. The monoisotopic (exact) mass is 417 g/mol. The van der Waals surface area contributed by atoms with Crippen LogP contribution in [0.5, 0.6) is 0 Å². The van der Waals surface area contributed by atoms with Crippen LogP contribution >= 0.6 is 0 Å². The van der Waals surface area contributed by atoms with Crippen LogP contribution in [-0.2, 0) is 0 Å². The van der Waals surface area contributed by atoms with Gasteiger partial charge in [-0.2, -0.15) is 0 Å². The van der Waals surface area contributed by atoms with E-state index in [-0.39, 0.29) is 19.2 Å². The zero-order chi connectivity index (χ0) is 22.0. The summed E-state index contributed by atoms with van der Waals surface area (Å²) in [6.45, 7) is 6.22. The van der Waals surface area contributed by atoms with Crippen LogP contribution in [0.1, 0.15) is 25.8 Å². The maximum absolute atomic E-state index is 13.1. The summed E-state index contributed by atoms with van der Waals surface area (Å²) >= 11 is 0. The van der Waals surface area contributed by atoms with Crippen LogP contribution in [0.15, 0.2) is 60.6 Å². The predicted molar refractivity (Wildman–Crippen MR) is 123 cm³/mol. The molecule has 0 saturated heterocycles. The molecule has 1 aromatic carbocycles. The molecule has 7 nitrogen and oxygen atoms in total. The number of aromatic amines is 1. The minimum Gasteiger partial charge on any atom is -0.395 e. The molecule has 0 saturated carbocycles. The van der Waals surface area contributed by atoms with Gasteiger partial charge in [-0.25, -0.2) is 14.8 Å². The highest BCUT2D eigenvalue weighted by Crippen LogP contribution is 2.32. The van der Waals surface area contributed by atoms with Gasteiger partial charge in [0, 0.05) is 29.4 Å². The van der Waals surface area contributed by atoms with Gasteiger partial charge in [0.1, 0.15) is 12.0 Å². The van der Waals surface area contributed by atoms with E-state index in [1.165, 1.54) is 0 Å². The predicted octanol–water partition coefficient (Wildman–Crippen LogP) is 4.42. The van der Waals surface area contributed by atoms with Gasteiger partial charge >= 0.3 is 6.03 Å². The van der Waals surface area contributed by atoms with Crippen molar-refractivity contribution in [3.63, 3.8) is 0 Å². The number of allylic oxidation sites excluding steroid dienone is 2. The van der Waals surface area contributed by atoms with Crippen molar-refractivity contribution in [1.82, 2.24) is 19.9 Å². The van der Waals surface area contributed by atoms with Crippen LogP contribution < -0.4 is 5.32 Å². The van der Waals surface area contributed by atoms with E-state index in [1.54, 1.807) is 11.2 Å². The fourth-order valence-corrected chi connectivity index (χ4v) is 4.08. The SMILES string of the molecule is CC1=CC=CCC1(C)N(CCO)C(=O)Nc1ccc(-c2ncnc3[nH]cc(C)c23)cc1. The number of H-pyrrole nitrogens is 1. The molecule has 2 heterocycles. The summed E-state index contributed by atoms with van der Waals surface area (Å²) in [6.07, 6.45) is 10.2. The molecule has 4 rings (SSSR count). The van der Waals surface area contributed by atoms with Crippen LogP contribution in [-0.4, -0.2) is 49.7 Å². The Bertz CT molecular complexity index is 1160. The minimum absolute atomic E-state index is 0.0985. The number of urea groups is 1. The van der Waals surface area contributed by atoms with E-state index in [9.17, 15) is 9.90 Å². The fraction of sp³-hybridized carbons (Fsp3) is 0.292. The average Bonchev–Trinajstić information content (AvgIpc) is 3.16. The first-order valence-corrected chi connectivity index (χ1v) is 10.4. The fourth-order valence-electron chi connectivity index (χ4n) is 4.08. The second kappa shape index (κ2) is 8.35. The zero-order valence-electron chi connectivity index (χ0n) is 18.0. The van der Waals surface area contributed by atoms with Crippen LogP contribution in [0.4, 0.5) is 10.5 Å². The van der Waals surface area contributed by atoms with Crippen molar-refractivity contribution in [1.29, 1.82) is 0 Å². The molecule has 3 aromatic rings. The number of β-amino-alcohol motifs (C(OH)–C–C–N with tert-alkyl or cyclic N) is 1. The number of hydrogen-bond acceptors (Lipinski definition) is 4. The van der Waals surface area contributed by atoms with E-state index >= 15 is 0 Å². The third-order valence-corrected chi connectivity index (χ3v) is 6.09. The Morgan fingerprint density at radius 2 is 2.03 bits per heavy atom. The number of carbonyl (C=O) groups excluding carboxylic acids is 1. The zero-order valence-corrected chi connectivity index (χ0v) is 18.0. The Morgan fingerprint density at radius 1 is 1.26 bits per heavy atom. The molecule has 2 amide bonds. The van der Waals surface area contributed by atoms with Crippen molar-refractivity contribution in [2.75, 3.05) is 18.5 Å². The van der Waals surface area contributed by atoms with Crippen LogP contribution in [0.25, 0.3) is 22.3 Å². The second-order valence-electron chi connectivity index (χ2n) is 8.06. The first-order chi connectivity index (χ1) is 14.9. The molecule has 0 aliphatic heterocycles. The maximum atomic E-state index is 13.1. The summed E-state index contributed by atoms with van der Waals surface area (Å²) < 4.78 is 0. The molecule has 1 aliphatic rings. The van der Waals surface area contributed by atoms with Gasteiger partial charge in [0.2, 0.25) is 0 Å². The molecule has 3 N–H and O–H groups in total. The van der Waals surface area contributed by atoms with Gasteiger partial charge in [0.05, 0.1) is 17.8 Å². The lowest BCUT2D eigenvalue weighted by Gasteiger charge is -2.42. The first-order valence-electron chi connectivity index (χ1n) is 10.4. The molecule has 0 fully saturated rings. The van der Waals surface area contributed by atoms with Gasteiger partial charge in [-0.3, -0.25) is 0 Å². The smallest absolute Gasteiger partial charge is 0.322 e. The Labute approximate surface area is 181 Å². The van der Waals surface area contributed by atoms with E-state index in [0.29, 0.717) is 12.1 Å². The third-order valence-electron chi connectivity index (χ3n) is 6.09. The average molecular weight is 418 g/mol. The third kappa shape index (κ3) is 3.84. The maximum Gasteiger partial charge on any atom is 0.322 e.